The molecule has 2 aliphatic heterocycles. The zero-order valence-electron chi connectivity index (χ0n) is 17.8. The molecule has 32 heavy (non-hydrogen) atoms. The highest BCUT2D eigenvalue weighted by Crippen LogP contribution is 2.19. The molecule has 1 aromatic carbocycles. The van der Waals surface area contributed by atoms with E-state index in [0.717, 1.165) is 11.4 Å². The monoisotopic (exact) mass is 478 g/mol. The first-order valence-corrected chi connectivity index (χ1v) is 12.6. The number of morpholine rings is 1. The lowest BCUT2D eigenvalue weighted by atomic mass is 10.1. The maximum Gasteiger partial charge on any atom is 0.243 e. The van der Waals surface area contributed by atoms with Gasteiger partial charge >= 0.3 is 0 Å². The summed E-state index contributed by atoms with van der Waals surface area (Å²) in [6.45, 7) is 4.30. The van der Waals surface area contributed by atoms with Crippen molar-refractivity contribution in [3.8, 4) is 0 Å². The molecule has 2 aromatic rings. The van der Waals surface area contributed by atoms with Gasteiger partial charge in [-0.05, 0) is 36.2 Å². The lowest BCUT2D eigenvalue weighted by Gasteiger charge is -2.35. The van der Waals surface area contributed by atoms with Crippen molar-refractivity contribution in [3.05, 3.63) is 53.2 Å². The summed E-state index contributed by atoms with van der Waals surface area (Å²) < 4.78 is 32.1. The van der Waals surface area contributed by atoms with Crippen molar-refractivity contribution in [2.75, 3.05) is 57.4 Å². The van der Waals surface area contributed by atoms with Gasteiger partial charge in [0.05, 0.1) is 18.1 Å². The Bertz CT molecular complexity index is 1030. The first-order chi connectivity index (χ1) is 15.4. The molecule has 0 saturated carbocycles. The number of halogens is 1. The van der Waals surface area contributed by atoms with Gasteiger partial charge in [-0.15, -0.1) is 0 Å². The number of nitrogens with zero attached hydrogens (tertiary/aromatic N) is 4. The van der Waals surface area contributed by atoms with Gasteiger partial charge in [0.25, 0.3) is 0 Å². The maximum atomic E-state index is 12.7. The van der Waals surface area contributed by atoms with Crippen LogP contribution in [0.3, 0.4) is 0 Å². The quantitative estimate of drug-likeness (QED) is 0.591. The van der Waals surface area contributed by atoms with Gasteiger partial charge in [-0.25, -0.2) is 13.4 Å². The van der Waals surface area contributed by atoms with Crippen molar-refractivity contribution in [2.24, 2.45) is 0 Å². The van der Waals surface area contributed by atoms with Gasteiger partial charge in [-0.1, -0.05) is 29.8 Å². The Kier molecular flexibility index (Phi) is 7.30. The van der Waals surface area contributed by atoms with E-state index in [0.29, 0.717) is 70.5 Å². The maximum absolute atomic E-state index is 12.7. The van der Waals surface area contributed by atoms with Crippen LogP contribution in [0.2, 0.25) is 5.15 Å². The third-order valence-electron chi connectivity index (χ3n) is 5.82. The van der Waals surface area contributed by atoms with Crippen LogP contribution in [0.15, 0.2) is 47.4 Å². The number of carbonyl (C=O) groups is 1. The topological polar surface area (TPSA) is 83.0 Å². The predicted octanol–water partition coefficient (Wildman–Crippen LogP) is 2.04. The molecule has 1 amide bonds. The van der Waals surface area contributed by atoms with Crippen LogP contribution in [0.1, 0.15) is 12.0 Å². The van der Waals surface area contributed by atoms with Crippen LogP contribution in [-0.2, 0) is 26.0 Å². The Balaban J connectivity index is 1.27. The van der Waals surface area contributed by atoms with Gasteiger partial charge in [0.1, 0.15) is 11.0 Å². The highest BCUT2D eigenvalue weighted by Gasteiger charge is 2.26. The highest BCUT2D eigenvalue weighted by molar-refractivity contribution is 7.89. The van der Waals surface area contributed by atoms with Crippen LogP contribution >= 0.6 is 11.6 Å². The molecule has 0 N–H and O–H groups in total. The van der Waals surface area contributed by atoms with Gasteiger partial charge in [0.15, 0.2) is 0 Å². The summed E-state index contributed by atoms with van der Waals surface area (Å²) in [5.41, 5.74) is 0.945. The standard InChI is InChI=1S/C22H27ClN4O4S/c23-20-2-1-3-21(24-20)25-10-12-26(13-11-25)22(28)9-6-18-4-7-19(8-5-18)32(29,30)27-14-16-31-17-15-27/h1-5,7-8H,6,9-17H2. The molecule has 4 rings (SSSR count). The molecule has 2 saturated heterocycles. The van der Waals surface area contributed by atoms with Gasteiger partial charge < -0.3 is 14.5 Å². The van der Waals surface area contributed by atoms with Crippen molar-refractivity contribution in [1.29, 1.82) is 0 Å². The number of piperazine rings is 1. The molecule has 10 heteroatoms. The number of hydrogen-bond acceptors (Lipinski definition) is 6. The molecule has 8 nitrogen and oxygen atoms in total. The molecule has 172 valence electrons. The summed E-state index contributed by atoms with van der Waals surface area (Å²) in [5.74, 6) is 0.936. The molecule has 2 aliphatic rings. The normalized spacial score (nSPS) is 18.0. The third-order valence-corrected chi connectivity index (χ3v) is 7.94. The molecule has 0 radical (unpaired) electrons. The second kappa shape index (κ2) is 10.2. The first-order valence-electron chi connectivity index (χ1n) is 10.8. The summed E-state index contributed by atoms with van der Waals surface area (Å²) in [4.78, 5) is 21.3. The largest absolute Gasteiger partial charge is 0.379 e. The van der Waals surface area contributed by atoms with Crippen LogP contribution in [0.25, 0.3) is 0 Å². The van der Waals surface area contributed by atoms with Gasteiger partial charge in [-0.3, -0.25) is 4.79 Å². The number of sulfonamides is 1. The van der Waals surface area contributed by atoms with Crippen molar-refractivity contribution >= 4 is 33.3 Å². The van der Waals surface area contributed by atoms with Crippen molar-refractivity contribution in [3.63, 3.8) is 0 Å². The van der Waals surface area contributed by atoms with Crippen molar-refractivity contribution in [2.45, 2.75) is 17.7 Å². The highest BCUT2D eigenvalue weighted by atomic mass is 35.5. The summed E-state index contributed by atoms with van der Waals surface area (Å²) in [6.07, 6.45) is 0.970. The van der Waals surface area contributed by atoms with E-state index in [-0.39, 0.29) is 10.8 Å². The molecule has 1 aromatic heterocycles. The second-order valence-corrected chi connectivity index (χ2v) is 10.2. The fourth-order valence-corrected chi connectivity index (χ4v) is 5.50. The summed E-state index contributed by atoms with van der Waals surface area (Å²) >= 11 is 5.97. The van der Waals surface area contributed by atoms with Crippen molar-refractivity contribution in [1.82, 2.24) is 14.2 Å². The van der Waals surface area contributed by atoms with Crippen molar-refractivity contribution < 1.29 is 17.9 Å². The number of rotatable bonds is 6. The Hall–Kier alpha value is -2.20. The Morgan fingerprint density at radius 2 is 1.66 bits per heavy atom. The number of amides is 1. The van der Waals surface area contributed by atoms with E-state index in [1.807, 2.05) is 17.0 Å². The average molecular weight is 479 g/mol. The fourth-order valence-electron chi connectivity index (χ4n) is 3.93. The van der Waals surface area contributed by atoms with E-state index in [2.05, 4.69) is 9.88 Å². The minimum Gasteiger partial charge on any atom is -0.379 e. The summed E-state index contributed by atoms with van der Waals surface area (Å²) in [7, 11) is -3.50. The fraction of sp³-hybridized carbons (Fsp3) is 0.455. The number of hydrogen-bond donors (Lipinski definition) is 0. The van der Waals surface area contributed by atoms with E-state index in [1.165, 1.54) is 4.31 Å². The van der Waals surface area contributed by atoms with Crippen LogP contribution in [-0.4, -0.2) is 81.0 Å². The molecule has 3 heterocycles. The van der Waals surface area contributed by atoms with Crippen LogP contribution < -0.4 is 4.90 Å². The Labute approximate surface area is 193 Å². The SMILES string of the molecule is O=C(CCc1ccc(S(=O)(=O)N2CCOCC2)cc1)N1CCN(c2cccc(Cl)n2)CC1. The minimum absolute atomic E-state index is 0.105. The molecular weight excluding hydrogens is 452 g/mol. The summed E-state index contributed by atoms with van der Waals surface area (Å²) in [5, 5.41) is 0.463. The van der Waals surface area contributed by atoms with E-state index in [1.54, 1.807) is 30.3 Å². The number of aromatic nitrogens is 1. The van der Waals surface area contributed by atoms with Crippen LogP contribution in [0.4, 0.5) is 5.82 Å². The van der Waals surface area contributed by atoms with E-state index < -0.39 is 10.0 Å². The number of benzene rings is 1. The van der Waals surface area contributed by atoms with Crippen LogP contribution in [0.5, 0.6) is 0 Å². The summed E-state index contributed by atoms with van der Waals surface area (Å²) in [6, 6.07) is 12.4. The lowest BCUT2D eigenvalue weighted by Crippen LogP contribution is -2.49. The first kappa shape index (κ1) is 23.0. The molecule has 0 spiro atoms. The number of ether oxygens (including phenoxy) is 1. The molecule has 0 atom stereocenters. The average Bonchev–Trinajstić information content (AvgIpc) is 2.83. The number of pyridine rings is 1. The van der Waals surface area contributed by atoms with E-state index in [4.69, 9.17) is 16.3 Å². The Morgan fingerprint density at radius 3 is 2.31 bits per heavy atom. The van der Waals surface area contributed by atoms with E-state index >= 15 is 0 Å². The number of anilines is 1. The number of carbonyl (C=O) groups excluding carboxylic acids is 1. The van der Waals surface area contributed by atoms with E-state index in [9.17, 15) is 13.2 Å². The number of aryl methyl sites for hydroxylation is 1. The smallest absolute Gasteiger partial charge is 0.243 e. The molecule has 0 unspecified atom stereocenters. The zero-order chi connectivity index (χ0) is 22.6. The zero-order valence-corrected chi connectivity index (χ0v) is 19.4. The molecule has 0 aliphatic carbocycles. The van der Waals surface area contributed by atoms with Gasteiger partial charge in [0.2, 0.25) is 15.9 Å². The Morgan fingerprint density at radius 1 is 0.969 bits per heavy atom. The predicted molar refractivity (Wildman–Crippen MR) is 122 cm³/mol. The minimum atomic E-state index is -3.50. The molecular formula is C22H27ClN4O4S. The van der Waals surface area contributed by atoms with Gasteiger partial charge in [-0.2, -0.15) is 4.31 Å². The molecule has 0 bridgehead atoms. The lowest BCUT2D eigenvalue weighted by molar-refractivity contribution is -0.131. The molecule has 2 fully saturated rings. The van der Waals surface area contributed by atoms with Crippen LogP contribution in [0, 0.1) is 0 Å². The third kappa shape index (κ3) is 5.40. The second-order valence-electron chi connectivity index (χ2n) is 7.85. The van der Waals surface area contributed by atoms with Gasteiger partial charge in [0, 0.05) is 45.7 Å².